The van der Waals surface area contributed by atoms with Crippen LogP contribution in [0.25, 0.3) is 22.3 Å². The number of fused-ring (bicyclic) bond motifs is 8. The van der Waals surface area contributed by atoms with Gasteiger partial charge in [0.2, 0.25) is 0 Å². The Bertz CT molecular complexity index is 1660. The van der Waals surface area contributed by atoms with Crippen LogP contribution in [0.2, 0.25) is 0 Å². The molecule has 0 fully saturated rings. The Morgan fingerprint density at radius 3 is 1.44 bits per heavy atom. The summed E-state index contributed by atoms with van der Waals surface area (Å²) in [5.74, 6) is 4.08. The number of ether oxygens (including phenoxy) is 2. The van der Waals surface area contributed by atoms with Gasteiger partial charge in [0.15, 0.2) is 0 Å². The van der Waals surface area contributed by atoms with E-state index in [1.165, 1.54) is 53.9 Å². The van der Waals surface area contributed by atoms with Crippen molar-refractivity contribution >= 4 is 57.1 Å². The van der Waals surface area contributed by atoms with Crippen LogP contribution in [0.4, 0.5) is 0 Å². The molecule has 5 aromatic carbocycles. The van der Waals surface area contributed by atoms with Gasteiger partial charge in [-0.3, -0.25) is 0 Å². The van der Waals surface area contributed by atoms with Gasteiger partial charge in [-0.25, -0.2) is 0 Å². The fourth-order valence-electron chi connectivity index (χ4n) is 6.09. The molecule has 2 nitrogen and oxygen atoms in total. The predicted molar refractivity (Wildman–Crippen MR) is 152 cm³/mol. The molecular weight excluding hydrogens is 478 g/mol. The summed E-state index contributed by atoms with van der Waals surface area (Å²) < 4.78 is 13.1. The zero-order chi connectivity index (χ0) is 23.4. The van der Waals surface area contributed by atoms with Crippen LogP contribution in [-0.4, -0.2) is 12.0 Å². The molecule has 4 aliphatic rings. The Morgan fingerprint density at radius 1 is 0.444 bits per heavy atom. The minimum absolute atomic E-state index is 0.192. The van der Waals surface area contributed by atoms with E-state index in [2.05, 4.69) is 97.1 Å². The van der Waals surface area contributed by atoms with Crippen molar-refractivity contribution in [1.29, 1.82) is 0 Å². The highest BCUT2D eigenvalue weighted by atomic mass is 32.2. The Labute approximate surface area is 218 Å². The molecule has 0 unspecified atom stereocenters. The molecule has 0 saturated heterocycles. The van der Waals surface area contributed by atoms with E-state index in [0.717, 1.165) is 23.0 Å². The fourth-order valence-corrected chi connectivity index (χ4v) is 8.87. The molecule has 0 radical (unpaired) electrons. The Balaban J connectivity index is 1.26. The van der Waals surface area contributed by atoms with E-state index in [4.69, 9.17) is 9.47 Å². The third kappa shape index (κ3) is 2.53. The van der Waals surface area contributed by atoms with Crippen LogP contribution in [0.15, 0.2) is 107 Å². The second-order valence-corrected chi connectivity index (χ2v) is 11.8. The largest absolute Gasteiger partial charge is 0.458 e. The Hall–Kier alpha value is -3.47. The average Bonchev–Trinajstić information content (AvgIpc) is 2.92. The molecule has 4 aliphatic heterocycles. The smallest absolute Gasteiger partial charge is 0.289 e. The topological polar surface area (TPSA) is 18.5 Å². The number of benzene rings is 5. The third-order valence-corrected chi connectivity index (χ3v) is 10.3. The first-order chi connectivity index (χ1) is 17.8. The van der Waals surface area contributed by atoms with Crippen molar-refractivity contribution in [2.45, 2.75) is 9.79 Å². The van der Waals surface area contributed by atoms with Crippen LogP contribution < -0.4 is 31.3 Å². The van der Waals surface area contributed by atoms with Crippen molar-refractivity contribution in [3.8, 4) is 45.3 Å². The van der Waals surface area contributed by atoms with Gasteiger partial charge in [-0.1, -0.05) is 66.7 Å². The van der Waals surface area contributed by atoms with Gasteiger partial charge in [0.05, 0.1) is 0 Å². The van der Waals surface area contributed by atoms with Gasteiger partial charge in [-0.15, -0.1) is 0 Å². The summed E-state index contributed by atoms with van der Waals surface area (Å²) in [5, 5.41) is 0. The average molecular weight is 494 g/mol. The second-order valence-electron chi connectivity index (χ2n) is 9.55. The highest BCUT2D eigenvalue weighted by Gasteiger charge is 2.43. The first kappa shape index (κ1) is 19.7. The van der Waals surface area contributed by atoms with Crippen LogP contribution >= 0.6 is 23.2 Å². The molecule has 0 atom stereocenters. The van der Waals surface area contributed by atoms with E-state index < -0.39 is 0 Å². The van der Waals surface area contributed by atoms with Gasteiger partial charge in [-0.2, -0.15) is 23.2 Å². The SMILES string of the molecule is c1ccc2c(c1)SB1c3cc4c(cc3Oc3cccc-2c31)Oc1cccc2c1B4Sc1ccccc1-2. The molecule has 6 heteroatoms. The quantitative estimate of drug-likeness (QED) is 0.259. The molecule has 0 saturated carbocycles. The number of hydrogen-bond donors (Lipinski definition) is 0. The first-order valence-corrected chi connectivity index (χ1v) is 13.9. The summed E-state index contributed by atoms with van der Waals surface area (Å²) in [5.41, 5.74) is 10.2. The lowest BCUT2D eigenvalue weighted by atomic mass is 9.53. The molecule has 9 rings (SSSR count). The summed E-state index contributed by atoms with van der Waals surface area (Å²) >= 11 is 3.86. The maximum absolute atomic E-state index is 6.56. The highest BCUT2D eigenvalue weighted by Crippen LogP contribution is 2.46. The Kier molecular flexibility index (Phi) is 3.86. The molecule has 0 N–H and O–H groups in total. The first-order valence-electron chi connectivity index (χ1n) is 12.1. The highest BCUT2D eigenvalue weighted by molar-refractivity contribution is 8.28. The molecule has 0 aliphatic carbocycles. The lowest BCUT2D eigenvalue weighted by molar-refractivity contribution is 0.466. The summed E-state index contributed by atoms with van der Waals surface area (Å²) in [7, 11) is 0. The molecule has 0 aromatic heterocycles. The van der Waals surface area contributed by atoms with Gasteiger partial charge in [0.1, 0.15) is 23.0 Å². The monoisotopic (exact) mass is 494 g/mol. The number of rotatable bonds is 0. The van der Waals surface area contributed by atoms with Crippen molar-refractivity contribution < 1.29 is 9.47 Å². The van der Waals surface area contributed by atoms with Crippen molar-refractivity contribution in [1.82, 2.24) is 0 Å². The van der Waals surface area contributed by atoms with Crippen LogP contribution in [-0.2, 0) is 0 Å². The summed E-state index contributed by atoms with van der Waals surface area (Å²) in [6, 6.07) is 34.8. The summed E-state index contributed by atoms with van der Waals surface area (Å²) in [6.07, 6.45) is 0. The standard InChI is InChI=1S/C30H16B2O2S2/c1-3-13-27-17(7-1)19-9-5-11-23-29(19)31(35-27)21-15-22-26(16-25(21)33-23)34-24-12-6-10-20-18-8-2-4-14-28(18)36-32(22)30(20)24/h1-16H. The van der Waals surface area contributed by atoms with Crippen molar-refractivity contribution in [3.05, 3.63) is 97.1 Å². The zero-order valence-electron chi connectivity index (χ0n) is 19.0. The zero-order valence-corrected chi connectivity index (χ0v) is 20.7. The summed E-state index contributed by atoms with van der Waals surface area (Å²) in [6.45, 7) is 0. The van der Waals surface area contributed by atoms with E-state index in [9.17, 15) is 0 Å². The van der Waals surface area contributed by atoms with Crippen LogP contribution in [0, 0.1) is 0 Å². The minimum Gasteiger partial charge on any atom is -0.458 e. The Morgan fingerprint density at radius 2 is 0.917 bits per heavy atom. The molecule has 36 heavy (non-hydrogen) atoms. The molecule has 0 amide bonds. The molecule has 4 heterocycles. The lowest BCUT2D eigenvalue weighted by Gasteiger charge is -2.36. The number of hydrogen-bond acceptors (Lipinski definition) is 4. The van der Waals surface area contributed by atoms with Crippen LogP contribution in [0.3, 0.4) is 0 Å². The van der Waals surface area contributed by atoms with Gasteiger partial charge in [0.25, 0.3) is 12.0 Å². The van der Waals surface area contributed by atoms with Crippen molar-refractivity contribution in [2.75, 3.05) is 0 Å². The van der Waals surface area contributed by atoms with Crippen LogP contribution in [0.5, 0.6) is 23.0 Å². The minimum atomic E-state index is 0.192. The van der Waals surface area contributed by atoms with E-state index >= 15 is 0 Å². The molecule has 0 bridgehead atoms. The lowest BCUT2D eigenvalue weighted by Crippen LogP contribution is -2.51. The van der Waals surface area contributed by atoms with E-state index in [0.29, 0.717) is 0 Å². The van der Waals surface area contributed by atoms with E-state index in [-0.39, 0.29) is 12.0 Å². The fraction of sp³-hybridized carbons (Fsp3) is 0. The maximum atomic E-state index is 6.56. The second kappa shape index (κ2) is 7.06. The summed E-state index contributed by atoms with van der Waals surface area (Å²) in [4.78, 5) is 2.64. The van der Waals surface area contributed by atoms with Gasteiger partial charge >= 0.3 is 0 Å². The molecule has 166 valence electrons. The third-order valence-electron chi connectivity index (χ3n) is 7.65. The van der Waals surface area contributed by atoms with Gasteiger partial charge in [-0.05, 0) is 68.4 Å². The van der Waals surface area contributed by atoms with Crippen molar-refractivity contribution in [2.24, 2.45) is 0 Å². The predicted octanol–water partition coefficient (Wildman–Crippen LogP) is 5.65. The molecular formula is C30H16B2O2S2. The van der Waals surface area contributed by atoms with Crippen molar-refractivity contribution in [3.63, 3.8) is 0 Å². The van der Waals surface area contributed by atoms with Crippen LogP contribution in [0.1, 0.15) is 0 Å². The van der Waals surface area contributed by atoms with E-state index in [1.807, 2.05) is 23.2 Å². The normalized spacial score (nSPS) is 14.8. The van der Waals surface area contributed by atoms with E-state index in [1.54, 1.807) is 0 Å². The molecule has 0 spiro atoms. The van der Waals surface area contributed by atoms with Gasteiger partial charge in [0, 0.05) is 15.9 Å². The maximum Gasteiger partial charge on any atom is 0.289 e. The molecule has 5 aromatic rings. The van der Waals surface area contributed by atoms with Gasteiger partial charge < -0.3 is 9.47 Å².